The van der Waals surface area contributed by atoms with Crippen LogP contribution in [0.25, 0.3) is 10.9 Å². The van der Waals surface area contributed by atoms with Gasteiger partial charge in [-0.1, -0.05) is 51.2 Å². The maximum atomic E-state index is 13.7. The minimum atomic E-state index is -4.64. The average Bonchev–Trinajstić information content (AvgIpc) is 2.88. The number of nitrogens with one attached hydrogen (secondary N) is 1. The molecule has 0 spiro atoms. The van der Waals surface area contributed by atoms with Crippen LogP contribution in [0.1, 0.15) is 66.9 Å². The molecule has 2 aromatic heterocycles. The Morgan fingerprint density at radius 1 is 1.08 bits per heavy atom. The summed E-state index contributed by atoms with van der Waals surface area (Å²) in [5, 5.41) is 9.32. The Kier molecular flexibility index (Phi) is 9.44. The first-order valence-corrected chi connectivity index (χ1v) is 13.5. The van der Waals surface area contributed by atoms with Gasteiger partial charge in [-0.05, 0) is 30.2 Å². The number of nitrogens with zero attached hydrogens (tertiary/aromatic N) is 3. The van der Waals surface area contributed by atoms with Crippen LogP contribution in [0.3, 0.4) is 0 Å². The predicted molar refractivity (Wildman–Crippen MR) is 134 cm³/mol. The average molecular weight is 539 g/mol. The summed E-state index contributed by atoms with van der Waals surface area (Å²) in [7, 11) is -4.07. The first-order valence-electron chi connectivity index (χ1n) is 11.9. The van der Waals surface area contributed by atoms with Crippen LogP contribution in [0.5, 0.6) is 0 Å². The summed E-state index contributed by atoms with van der Waals surface area (Å²) in [5.41, 5.74) is 0.391. The summed E-state index contributed by atoms with van der Waals surface area (Å²) in [6.07, 6.45) is 4.34. The van der Waals surface area contributed by atoms with E-state index in [1.807, 2.05) is 0 Å². The summed E-state index contributed by atoms with van der Waals surface area (Å²) in [6, 6.07) is 5.95. The van der Waals surface area contributed by atoms with Gasteiger partial charge in [0, 0.05) is 24.0 Å². The fraction of sp³-hybridized carbons (Fsp3) is 0.400. The number of hydroxylamine groups is 1. The van der Waals surface area contributed by atoms with Gasteiger partial charge in [0.2, 0.25) is 10.0 Å². The highest BCUT2D eigenvalue weighted by molar-refractivity contribution is 7.92. The lowest BCUT2D eigenvalue weighted by Gasteiger charge is -2.27. The van der Waals surface area contributed by atoms with Crippen molar-refractivity contribution in [3.63, 3.8) is 0 Å². The van der Waals surface area contributed by atoms with E-state index >= 15 is 0 Å². The van der Waals surface area contributed by atoms with Crippen LogP contribution >= 0.6 is 0 Å². The van der Waals surface area contributed by atoms with Gasteiger partial charge in [-0.3, -0.25) is 24.3 Å². The van der Waals surface area contributed by atoms with E-state index in [0.29, 0.717) is 18.4 Å². The van der Waals surface area contributed by atoms with Crippen LogP contribution in [0.4, 0.5) is 18.9 Å². The molecule has 0 aliphatic carbocycles. The fourth-order valence-electron chi connectivity index (χ4n) is 4.00. The van der Waals surface area contributed by atoms with Gasteiger partial charge < -0.3 is 0 Å². The van der Waals surface area contributed by atoms with Crippen molar-refractivity contribution in [2.24, 2.45) is 0 Å². The third kappa shape index (κ3) is 7.16. The molecule has 0 unspecified atom stereocenters. The van der Waals surface area contributed by atoms with E-state index in [1.54, 1.807) is 12.1 Å². The van der Waals surface area contributed by atoms with Gasteiger partial charge >= 0.3 is 6.18 Å². The second-order valence-electron chi connectivity index (χ2n) is 8.64. The zero-order chi connectivity index (χ0) is 27.1. The van der Waals surface area contributed by atoms with Crippen LogP contribution in [0, 0.1) is 0 Å². The van der Waals surface area contributed by atoms with E-state index < -0.39 is 27.7 Å². The van der Waals surface area contributed by atoms with Crippen LogP contribution in [-0.2, 0) is 22.7 Å². The van der Waals surface area contributed by atoms with E-state index in [9.17, 15) is 31.6 Å². The number of hydrogen-bond acceptors (Lipinski definition) is 6. The van der Waals surface area contributed by atoms with Crippen LogP contribution in [0.15, 0.2) is 48.9 Å². The molecule has 200 valence electrons. The molecule has 0 aliphatic rings. The lowest BCUT2D eigenvalue weighted by atomic mass is 10.1. The maximum absolute atomic E-state index is 13.7. The van der Waals surface area contributed by atoms with E-state index in [4.69, 9.17) is 0 Å². The molecule has 1 aromatic carbocycles. The summed E-state index contributed by atoms with van der Waals surface area (Å²) < 4.78 is 68.3. The Morgan fingerprint density at radius 3 is 2.46 bits per heavy atom. The van der Waals surface area contributed by atoms with Gasteiger partial charge in [-0.2, -0.15) is 13.2 Å². The van der Waals surface area contributed by atoms with E-state index in [-0.39, 0.29) is 34.5 Å². The quantitative estimate of drug-likeness (QED) is 0.180. The topological polar surface area (TPSA) is 112 Å². The number of anilines is 1. The summed E-state index contributed by atoms with van der Waals surface area (Å²) >= 11 is 0. The normalized spacial score (nSPS) is 12.0. The zero-order valence-corrected chi connectivity index (χ0v) is 21.1. The molecule has 0 saturated carbocycles. The van der Waals surface area contributed by atoms with E-state index in [1.165, 1.54) is 17.9 Å². The van der Waals surface area contributed by atoms with Crippen molar-refractivity contribution in [2.75, 3.05) is 10.1 Å². The number of sulfonamides is 1. The van der Waals surface area contributed by atoms with Crippen molar-refractivity contribution >= 4 is 32.5 Å². The number of unbranched alkanes of at least 4 members (excludes halogenated alkanes) is 5. The Labute approximate surface area is 213 Å². The molecule has 0 bridgehead atoms. The molecule has 1 amide bonds. The molecular weight excluding hydrogens is 509 g/mol. The van der Waals surface area contributed by atoms with E-state index in [0.717, 1.165) is 54.4 Å². The molecule has 8 nitrogen and oxygen atoms in total. The number of halogens is 3. The van der Waals surface area contributed by atoms with Crippen molar-refractivity contribution in [1.29, 1.82) is 0 Å². The lowest BCUT2D eigenvalue weighted by molar-refractivity contribution is -0.137. The summed E-state index contributed by atoms with van der Waals surface area (Å²) in [6.45, 7) is 1.86. The van der Waals surface area contributed by atoms with Gasteiger partial charge in [0.15, 0.2) is 0 Å². The Morgan fingerprint density at radius 2 is 1.81 bits per heavy atom. The fourth-order valence-corrected chi connectivity index (χ4v) is 5.61. The molecule has 0 fully saturated rings. The van der Waals surface area contributed by atoms with Gasteiger partial charge in [0.05, 0.1) is 34.6 Å². The van der Waals surface area contributed by atoms with Crippen LogP contribution in [0.2, 0.25) is 0 Å². The molecule has 37 heavy (non-hydrogen) atoms. The zero-order valence-electron chi connectivity index (χ0n) is 20.3. The first kappa shape index (κ1) is 28.3. The maximum Gasteiger partial charge on any atom is 0.416 e. The largest absolute Gasteiger partial charge is 0.416 e. The molecule has 0 aliphatic heterocycles. The Balaban J connectivity index is 2.13. The number of fused-ring (bicyclic) bond motifs is 1. The SMILES string of the molecule is CCCCCCCCS(=O)(=O)N(Cc1cccnc1)c1c(C(=O)NO)cnc2cc(C(F)(F)F)ccc12. The smallest absolute Gasteiger partial charge is 0.288 e. The summed E-state index contributed by atoms with van der Waals surface area (Å²) in [4.78, 5) is 20.5. The third-order valence-electron chi connectivity index (χ3n) is 5.90. The molecule has 0 radical (unpaired) electrons. The number of hydrogen-bond donors (Lipinski definition) is 2. The minimum absolute atomic E-state index is 0.0181. The highest BCUT2D eigenvalue weighted by atomic mass is 32.2. The standard InChI is InChI=1S/C25H29F3N4O4S/c1-2-3-4-5-6-7-13-37(35,36)32(17-18-9-8-12-29-15-18)23-20-11-10-19(25(26,27)28)14-22(20)30-16-21(23)24(33)31-34/h8-12,14-16,34H,2-7,13,17H2,1H3,(H,31,33). The number of benzene rings is 1. The van der Waals surface area contributed by atoms with Crippen LogP contribution < -0.4 is 9.79 Å². The van der Waals surface area contributed by atoms with Gasteiger partial charge in [-0.15, -0.1) is 0 Å². The molecule has 0 saturated heterocycles. The Bertz CT molecular complexity index is 1320. The molecule has 0 atom stereocenters. The van der Waals surface area contributed by atoms with Gasteiger partial charge in [0.1, 0.15) is 0 Å². The van der Waals surface area contributed by atoms with Gasteiger partial charge in [-0.25, -0.2) is 13.9 Å². The molecular formula is C25H29F3N4O4S. The third-order valence-corrected chi connectivity index (χ3v) is 7.69. The molecule has 2 heterocycles. The number of aromatic nitrogens is 2. The highest BCUT2D eigenvalue weighted by Crippen LogP contribution is 2.37. The number of pyridine rings is 2. The first-order chi connectivity index (χ1) is 17.6. The molecule has 3 rings (SSSR count). The number of carbonyl (C=O) groups excluding carboxylic acids is 1. The van der Waals surface area contributed by atoms with E-state index in [2.05, 4.69) is 16.9 Å². The monoisotopic (exact) mass is 538 g/mol. The van der Waals surface area contributed by atoms with Crippen molar-refractivity contribution < 1.29 is 31.6 Å². The lowest BCUT2D eigenvalue weighted by Crippen LogP contribution is -2.35. The van der Waals surface area contributed by atoms with Crippen LogP contribution in [-0.4, -0.2) is 35.3 Å². The molecule has 2 N–H and O–H groups in total. The second kappa shape index (κ2) is 12.3. The van der Waals surface area contributed by atoms with Crippen molar-refractivity contribution in [1.82, 2.24) is 15.4 Å². The number of alkyl halides is 3. The molecule has 12 heteroatoms. The number of rotatable bonds is 12. The van der Waals surface area contributed by atoms with Crippen molar-refractivity contribution in [2.45, 2.75) is 58.2 Å². The Hall–Kier alpha value is -3.25. The summed E-state index contributed by atoms with van der Waals surface area (Å²) in [5.74, 6) is -1.28. The number of carbonyl (C=O) groups is 1. The highest BCUT2D eigenvalue weighted by Gasteiger charge is 2.33. The van der Waals surface area contributed by atoms with Crippen molar-refractivity contribution in [3.8, 4) is 0 Å². The molecule has 3 aromatic rings. The van der Waals surface area contributed by atoms with Crippen molar-refractivity contribution in [3.05, 3.63) is 65.6 Å². The predicted octanol–water partition coefficient (Wildman–Crippen LogP) is 5.46. The minimum Gasteiger partial charge on any atom is -0.288 e. The number of amides is 1. The second-order valence-corrected chi connectivity index (χ2v) is 10.7. The van der Waals surface area contributed by atoms with Gasteiger partial charge in [0.25, 0.3) is 5.91 Å².